The zero-order valence-corrected chi connectivity index (χ0v) is 12.3. The van der Waals surface area contributed by atoms with Gasteiger partial charge in [-0.05, 0) is 18.6 Å². The number of benzene rings is 1. The first-order chi connectivity index (χ1) is 11.2. The maximum atomic E-state index is 12.1. The van der Waals surface area contributed by atoms with Crippen LogP contribution in [-0.4, -0.2) is 33.1 Å². The number of carbonyl (C=O) groups is 2. The number of amides is 2. The van der Waals surface area contributed by atoms with Crippen LogP contribution in [0.3, 0.4) is 0 Å². The molecule has 3 rings (SSSR count). The Morgan fingerprint density at radius 1 is 1.39 bits per heavy atom. The molecule has 1 aliphatic heterocycles. The second-order valence-electron chi connectivity index (χ2n) is 5.09. The minimum absolute atomic E-state index is 0.0147. The van der Waals surface area contributed by atoms with E-state index in [-0.39, 0.29) is 24.2 Å². The Morgan fingerprint density at radius 3 is 2.91 bits per heavy atom. The number of nitrogens with one attached hydrogen (secondary N) is 1. The third kappa shape index (κ3) is 3.18. The molecule has 1 aromatic heterocycles. The Hall–Kier alpha value is -3.21. The van der Waals surface area contributed by atoms with Gasteiger partial charge in [-0.2, -0.15) is 5.26 Å². The fraction of sp³-hybridized carbons (Fsp3) is 0.267. The normalized spacial score (nSPS) is 13.9. The molecule has 2 heterocycles. The van der Waals surface area contributed by atoms with Crippen LogP contribution in [0, 0.1) is 11.3 Å². The summed E-state index contributed by atoms with van der Waals surface area (Å²) in [4.78, 5) is 29.5. The average Bonchev–Trinajstić information content (AvgIpc) is 3.16. The van der Waals surface area contributed by atoms with E-state index in [1.54, 1.807) is 23.1 Å². The largest absolute Gasteiger partial charge is 0.323 e. The topological polar surface area (TPSA) is 104 Å². The molecule has 8 heteroatoms. The minimum atomic E-state index is -0.307. The molecule has 0 bridgehead atoms. The molecule has 0 atom stereocenters. The van der Waals surface area contributed by atoms with Crippen LogP contribution in [0.1, 0.15) is 18.7 Å². The van der Waals surface area contributed by atoms with Gasteiger partial charge in [0.05, 0.1) is 11.4 Å². The first kappa shape index (κ1) is 14.7. The molecule has 116 valence electrons. The van der Waals surface area contributed by atoms with Crippen molar-refractivity contribution in [1.82, 2.24) is 14.8 Å². The van der Waals surface area contributed by atoms with Crippen molar-refractivity contribution in [3.63, 3.8) is 0 Å². The fourth-order valence-corrected chi connectivity index (χ4v) is 2.48. The van der Waals surface area contributed by atoms with E-state index in [9.17, 15) is 9.59 Å². The maximum absolute atomic E-state index is 12.1. The first-order valence-corrected chi connectivity index (χ1v) is 7.16. The molecule has 0 aliphatic carbocycles. The smallest absolute Gasteiger partial charge is 0.252 e. The third-order valence-electron chi connectivity index (χ3n) is 3.48. The highest BCUT2D eigenvalue weighted by atomic mass is 16.2. The van der Waals surface area contributed by atoms with Gasteiger partial charge in [-0.25, -0.2) is 9.67 Å². The molecule has 8 nitrogen and oxygen atoms in total. The second kappa shape index (κ2) is 6.27. The minimum Gasteiger partial charge on any atom is -0.323 e. The third-order valence-corrected chi connectivity index (χ3v) is 3.48. The van der Waals surface area contributed by atoms with E-state index < -0.39 is 0 Å². The van der Waals surface area contributed by atoms with E-state index in [1.807, 2.05) is 12.1 Å². The van der Waals surface area contributed by atoms with Crippen molar-refractivity contribution >= 4 is 23.2 Å². The summed E-state index contributed by atoms with van der Waals surface area (Å²) in [6.45, 7) is 0.595. The highest BCUT2D eigenvalue weighted by Crippen LogP contribution is 2.29. The van der Waals surface area contributed by atoms with Crippen molar-refractivity contribution < 1.29 is 9.59 Å². The van der Waals surface area contributed by atoms with Crippen LogP contribution in [0.5, 0.6) is 0 Å². The van der Waals surface area contributed by atoms with Crippen LogP contribution in [0.4, 0.5) is 11.4 Å². The number of rotatable bonds is 4. The van der Waals surface area contributed by atoms with Crippen LogP contribution in [0.15, 0.2) is 30.6 Å². The number of hydrogen-bond donors (Lipinski definition) is 1. The van der Waals surface area contributed by atoms with Gasteiger partial charge in [-0.1, -0.05) is 12.1 Å². The number of carbonyl (C=O) groups excluding carboxylic acids is 2. The fourth-order valence-electron chi connectivity index (χ4n) is 2.48. The lowest BCUT2D eigenvalue weighted by Gasteiger charge is -2.19. The molecule has 1 saturated heterocycles. The molecule has 23 heavy (non-hydrogen) atoms. The SMILES string of the molecule is N#Cc1ncn(CC(=O)Nc2ccccc2N2CCCC2=O)n1. The molecule has 0 saturated carbocycles. The van der Waals surface area contributed by atoms with Crippen molar-refractivity contribution in [2.45, 2.75) is 19.4 Å². The lowest BCUT2D eigenvalue weighted by atomic mass is 10.2. The number of hydrogen-bond acceptors (Lipinski definition) is 5. The summed E-state index contributed by atoms with van der Waals surface area (Å²) < 4.78 is 1.29. The van der Waals surface area contributed by atoms with Gasteiger partial charge < -0.3 is 10.2 Å². The molecular weight excluding hydrogens is 296 g/mol. The highest BCUT2D eigenvalue weighted by molar-refractivity contribution is 6.01. The lowest BCUT2D eigenvalue weighted by molar-refractivity contribution is -0.118. The Labute approximate surface area is 132 Å². The van der Waals surface area contributed by atoms with Gasteiger partial charge >= 0.3 is 0 Å². The average molecular weight is 310 g/mol. The monoisotopic (exact) mass is 310 g/mol. The Balaban J connectivity index is 1.73. The summed E-state index contributed by atoms with van der Waals surface area (Å²) >= 11 is 0. The van der Waals surface area contributed by atoms with E-state index in [1.165, 1.54) is 11.0 Å². The lowest BCUT2D eigenvalue weighted by Crippen LogP contribution is -2.26. The van der Waals surface area contributed by atoms with Gasteiger partial charge in [-0.3, -0.25) is 9.59 Å². The summed E-state index contributed by atoms with van der Waals surface area (Å²) in [6, 6.07) is 8.98. The van der Waals surface area contributed by atoms with E-state index in [0.29, 0.717) is 24.3 Å². The van der Waals surface area contributed by atoms with Crippen molar-refractivity contribution in [2.75, 3.05) is 16.8 Å². The predicted molar refractivity (Wildman–Crippen MR) is 81.4 cm³/mol. The van der Waals surface area contributed by atoms with E-state index in [4.69, 9.17) is 5.26 Å². The second-order valence-corrected chi connectivity index (χ2v) is 5.09. The first-order valence-electron chi connectivity index (χ1n) is 7.16. The van der Waals surface area contributed by atoms with E-state index in [2.05, 4.69) is 15.4 Å². The number of nitriles is 1. The van der Waals surface area contributed by atoms with Gasteiger partial charge in [-0.15, -0.1) is 5.10 Å². The Kier molecular flexibility index (Phi) is 4.01. The summed E-state index contributed by atoms with van der Waals surface area (Å²) in [5.41, 5.74) is 1.27. The van der Waals surface area contributed by atoms with Crippen LogP contribution in [0.25, 0.3) is 0 Å². The van der Waals surface area contributed by atoms with Gasteiger partial charge in [0.25, 0.3) is 5.82 Å². The maximum Gasteiger partial charge on any atom is 0.252 e. The summed E-state index contributed by atoms with van der Waals surface area (Å²) in [5.74, 6) is -0.235. The molecule has 2 aromatic rings. The summed E-state index contributed by atoms with van der Waals surface area (Å²) in [7, 11) is 0. The number of anilines is 2. The zero-order chi connectivity index (χ0) is 16.2. The van der Waals surface area contributed by atoms with Crippen LogP contribution in [-0.2, 0) is 16.1 Å². The summed E-state index contributed by atoms with van der Waals surface area (Å²) in [5, 5.41) is 15.3. The number of para-hydroxylation sites is 2. The Bertz CT molecular complexity index is 791. The zero-order valence-electron chi connectivity index (χ0n) is 12.3. The molecule has 1 aliphatic rings. The molecule has 0 spiro atoms. The van der Waals surface area contributed by atoms with E-state index >= 15 is 0 Å². The summed E-state index contributed by atoms with van der Waals surface area (Å²) in [6.07, 6.45) is 2.67. The van der Waals surface area contributed by atoms with Crippen LogP contribution >= 0.6 is 0 Å². The van der Waals surface area contributed by atoms with Crippen molar-refractivity contribution in [2.24, 2.45) is 0 Å². The molecule has 1 aromatic carbocycles. The van der Waals surface area contributed by atoms with Crippen molar-refractivity contribution in [1.29, 1.82) is 5.26 Å². The molecule has 1 fully saturated rings. The molecular formula is C15H14N6O2. The van der Waals surface area contributed by atoms with Crippen LogP contribution in [0.2, 0.25) is 0 Å². The molecule has 0 radical (unpaired) electrons. The van der Waals surface area contributed by atoms with Gasteiger partial charge in [0.1, 0.15) is 18.9 Å². The van der Waals surface area contributed by atoms with Gasteiger partial charge in [0.15, 0.2) is 0 Å². The van der Waals surface area contributed by atoms with E-state index in [0.717, 1.165) is 6.42 Å². The standard InChI is InChI=1S/C15H14N6O2/c16-8-13-17-10-20(19-13)9-14(22)18-11-4-1-2-5-12(11)21-7-3-6-15(21)23/h1-2,4-5,10H,3,6-7,9H2,(H,18,22). The quantitative estimate of drug-likeness (QED) is 0.904. The number of nitrogens with zero attached hydrogens (tertiary/aromatic N) is 5. The van der Waals surface area contributed by atoms with Crippen molar-refractivity contribution in [3.8, 4) is 6.07 Å². The molecule has 0 unspecified atom stereocenters. The molecule has 2 amide bonds. The van der Waals surface area contributed by atoms with Gasteiger partial charge in [0, 0.05) is 13.0 Å². The number of aromatic nitrogens is 3. The molecule has 1 N–H and O–H groups in total. The Morgan fingerprint density at radius 2 is 2.22 bits per heavy atom. The highest BCUT2D eigenvalue weighted by Gasteiger charge is 2.24. The predicted octanol–water partition coefficient (Wildman–Crippen LogP) is 0.915. The van der Waals surface area contributed by atoms with Crippen LogP contribution < -0.4 is 10.2 Å². The van der Waals surface area contributed by atoms with Gasteiger partial charge in [0.2, 0.25) is 11.8 Å². The van der Waals surface area contributed by atoms with Crippen molar-refractivity contribution in [3.05, 3.63) is 36.4 Å².